The average Bonchev–Trinajstić information content (AvgIpc) is 3.07. The van der Waals surface area contributed by atoms with Gasteiger partial charge < -0.3 is 14.5 Å². The molecular formula is C19H34N2O. The maximum atomic E-state index is 6.10. The van der Waals surface area contributed by atoms with Crippen molar-refractivity contribution in [3.8, 4) is 0 Å². The normalized spacial score (nSPS) is 34.0. The second-order valence-electron chi connectivity index (χ2n) is 8.71. The highest BCUT2D eigenvalue weighted by atomic mass is 16.5. The minimum Gasteiger partial charge on any atom is -0.381 e. The van der Waals surface area contributed by atoms with Crippen LogP contribution in [-0.2, 0) is 4.74 Å². The lowest BCUT2D eigenvalue weighted by Gasteiger charge is -2.44. The van der Waals surface area contributed by atoms with E-state index in [1.54, 1.807) is 0 Å². The lowest BCUT2D eigenvalue weighted by atomic mass is 9.71. The molecule has 2 saturated heterocycles. The SMILES string of the molecule is CN1CC(COCC2CC2)C2(CCN(C3CCCC3)CC2)C1. The van der Waals surface area contributed by atoms with Crippen molar-refractivity contribution in [2.75, 3.05) is 46.4 Å². The third-order valence-electron chi connectivity index (χ3n) is 6.99. The molecule has 1 atom stereocenters. The Morgan fingerprint density at radius 3 is 2.41 bits per heavy atom. The van der Waals surface area contributed by atoms with E-state index >= 15 is 0 Å². The summed E-state index contributed by atoms with van der Waals surface area (Å²) in [5, 5.41) is 0. The summed E-state index contributed by atoms with van der Waals surface area (Å²) in [6.07, 6.45) is 11.5. The van der Waals surface area contributed by atoms with Crippen molar-refractivity contribution < 1.29 is 4.74 Å². The van der Waals surface area contributed by atoms with Gasteiger partial charge in [0.1, 0.15) is 0 Å². The highest BCUT2D eigenvalue weighted by Gasteiger charge is 2.47. The molecule has 126 valence electrons. The lowest BCUT2D eigenvalue weighted by Crippen LogP contribution is -2.48. The molecule has 4 fully saturated rings. The average molecular weight is 306 g/mol. The van der Waals surface area contributed by atoms with E-state index in [9.17, 15) is 0 Å². The zero-order valence-electron chi connectivity index (χ0n) is 14.4. The van der Waals surface area contributed by atoms with Crippen LogP contribution in [0.2, 0.25) is 0 Å². The molecule has 0 bridgehead atoms. The molecule has 3 heteroatoms. The molecule has 4 rings (SSSR count). The Kier molecular flexibility index (Phi) is 4.49. The molecule has 1 spiro atoms. The van der Waals surface area contributed by atoms with Gasteiger partial charge in [0.15, 0.2) is 0 Å². The molecule has 0 aromatic rings. The number of piperidine rings is 1. The zero-order chi connectivity index (χ0) is 15.0. The van der Waals surface area contributed by atoms with Gasteiger partial charge in [-0.3, -0.25) is 0 Å². The Morgan fingerprint density at radius 2 is 1.73 bits per heavy atom. The summed E-state index contributed by atoms with van der Waals surface area (Å²) in [7, 11) is 2.31. The van der Waals surface area contributed by atoms with Crippen LogP contribution in [0.15, 0.2) is 0 Å². The first-order valence-electron chi connectivity index (χ1n) is 9.75. The first-order valence-corrected chi connectivity index (χ1v) is 9.75. The Bertz CT molecular complexity index is 368. The van der Waals surface area contributed by atoms with Gasteiger partial charge in [0.25, 0.3) is 0 Å². The van der Waals surface area contributed by atoms with Gasteiger partial charge in [-0.25, -0.2) is 0 Å². The summed E-state index contributed by atoms with van der Waals surface area (Å²) >= 11 is 0. The van der Waals surface area contributed by atoms with E-state index in [0.717, 1.165) is 31.1 Å². The third-order valence-corrected chi connectivity index (χ3v) is 6.99. The van der Waals surface area contributed by atoms with Crippen molar-refractivity contribution in [2.45, 2.75) is 57.4 Å². The minimum absolute atomic E-state index is 0.563. The van der Waals surface area contributed by atoms with Crippen molar-refractivity contribution >= 4 is 0 Å². The van der Waals surface area contributed by atoms with E-state index in [-0.39, 0.29) is 0 Å². The maximum Gasteiger partial charge on any atom is 0.0512 e. The van der Waals surface area contributed by atoms with Crippen molar-refractivity contribution in [1.82, 2.24) is 9.80 Å². The van der Waals surface area contributed by atoms with Crippen LogP contribution in [0.3, 0.4) is 0 Å². The van der Waals surface area contributed by atoms with Crippen LogP contribution in [0.25, 0.3) is 0 Å². The molecule has 0 aromatic carbocycles. The van der Waals surface area contributed by atoms with Gasteiger partial charge in [-0.2, -0.15) is 0 Å². The van der Waals surface area contributed by atoms with Gasteiger partial charge in [-0.1, -0.05) is 12.8 Å². The molecule has 4 aliphatic rings. The van der Waals surface area contributed by atoms with Crippen LogP contribution >= 0.6 is 0 Å². The van der Waals surface area contributed by atoms with E-state index in [2.05, 4.69) is 16.8 Å². The zero-order valence-corrected chi connectivity index (χ0v) is 14.4. The summed E-state index contributed by atoms with van der Waals surface area (Å²) in [6, 6.07) is 0.918. The van der Waals surface area contributed by atoms with Crippen LogP contribution in [0.1, 0.15) is 51.4 Å². The Morgan fingerprint density at radius 1 is 1.00 bits per heavy atom. The summed E-state index contributed by atoms with van der Waals surface area (Å²) in [5.41, 5.74) is 0.563. The van der Waals surface area contributed by atoms with Crippen LogP contribution in [-0.4, -0.2) is 62.3 Å². The smallest absolute Gasteiger partial charge is 0.0512 e. The summed E-state index contributed by atoms with van der Waals surface area (Å²) < 4.78 is 6.10. The fraction of sp³-hybridized carbons (Fsp3) is 1.00. The number of likely N-dealkylation sites (tertiary alicyclic amines) is 2. The minimum atomic E-state index is 0.563. The van der Waals surface area contributed by atoms with Crippen LogP contribution in [0, 0.1) is 17.3 Å². The number of hydrogen-bond acceptors (Lipinski definition) is 3. The number of hydrogen-bond donors (Lipinski definition) is 0. The number of rotatable bonds is 5. The van der Waals surface area contributed by atoms with E-state index in [4.69, 9.17) is 4.74 Å². The summed E-state index contributed by atoms with van der Waals surface area (Å²) in [6.45, 7) is 7.31. The Balaban J connectivity index is 1.32. The standard InChI is InChI=1S/C19H34N2O/c1-20-12-17(14-22-13-16-6-7-16)19(15-20)8-10-21(11-9-19)18-4-2-3-5-18/h16-18H,2-15H2,1H3. The van der Waals surface area contributed by atoms with Crippen LogP contribution in [0.4, 0.5) is 0 Å². The van der Waals surface area contributed by atoms with Crippen molar-refractivity contribution in [3.05, 3.63) is 0 Å². The largest absolute Gasteiger partial charge is 0.381 e. The van der Waals surface area contributed by atoms with Crippen molar-refractivity contribution in [2.24, 2.45) is 17.3 Å². The second kappa shape index (κ2) is 6.41. The summed E-state index contributed by atoms with van der Waals surface area (Å²) in [5.74, 6) is 1.68. The first-order chi connectivity index (χ1) is 10.8. The monoisotopic (exact) mass is 306 g/mol. The quantitative estimate of drug-likeness (QED) is 0.776. The van der Waals surface area contributed by atoms with E-state index in [1.165, 1.54) is 77.5 Å². The fourth-order valence-corrected chi connectivity index (χ4v) is 5.36. The molecular weight excluding hydrogens is 272 g/mol. The van der Waals surface area contributed by atoms with Gasteiger partial charge in [0.2, 0.25) is 0 Å². The molecule has 3 nitrogen and oxygen atoms in total. The number of nitrogens with zero attached hydrogens (tertiary/aromatic N) is 2. The molecule has 0 radical (unpaired) electrons. The highest BCUT2D eigenvalue weighted by molar-refractivity contribution is 4.99. The van der Waals surface area contributed by atoms with E-state index in [0.29, 0.717) is 5.41 Å². The van der Waals surface area contributed by atoms with Crippen molar-refractivity contribution in [3.63, 3.8) is 0 Å². The molecule has 22 heavy (non-hydrogen) atoms. The molecule has 1 unspecified atom stereocenters. The van der Waals surface area contributed by atoms with Crippen LogP contribution < -0.4 is 0 Å². The molecule has 2 aliphatic carbocycles. The predicted octanol–water partition coefficient (Wildman–Crippen LogP) is 3.00. The highest BCUT2D eigenvalue weighted by Crippen LogP contribution is 2.45. The Hall–Kier alpha value is -0.120. The Labute approximate surface area is 136 Å². The molecule has 0 aromatic heterocycles. The lowest BCUT2D eigenvalue weighted by molar-refractivity contribution is 0.00914. The molecule has 0 N–H and O–H groups in total. The van der Waals surface area contributed by atoms with Crippen LogP contribution in [0.5, 0.6) is 0 Å². The maximum absolute atomic E-state index is 6.10. The molecule has 2 aliphatic heterocycles. The molecule has 0 amide bonds. The fourth-order valence-electron chi connectivity index (χ4n) is 5.36. The third kappa shape index (κ3) is 3.22. The molecule has 2 saturated carbocycles. The van der Waals surface area contributed by atoms with Gasteiger partial charge in [0, 0.05) is 31.7 Å². The second-order valence-corrected chi connectivity index (χ2v) is 8.71. The van der Waals surface area contributed by atoms with Gasteiger partial charge >= 0.3 is 0 Å². The van der Waals surface area contributed by atoms with Gasteiger partial charge in [-0.05, 0) is 70.0 Å². The van der Waals surface area contributed by atoms with E-state index < -0.39 is 0 Å². The van der Waals surface area contributed by atoms with E-state index in [1.807, 2.05) is 0 Å². The van der Waals surface area contributed by atoms with Crippen molar-refractivity contribution in [1.29, 1.82) is 0 Å². The molecule has 2 heterocycles. The predicted molar refractivity (Wildman–Crippen MR) is 90.0 cm³/mol. The van der Waals surface area contributed by atoms with Gasteiger partial charge in [-0.15, -0.1) is 0 Å². The van der Waals surface area contributed by atoms with Gasteiger partial charge in [0.05, 0.1) is 6.61 Å². The first kappa shape index (κ1) is 15.4. The number of ether oxygens (including phenoxy) is 1. The topological polar surface area (TPSA) is 15.7 Å². The summed E-state index contributed by atoms with van der Waals surface area (Å²) in [4.78, 5) is 5.38.